The molecule has 1 aromatic carbocycles. The number of piperazine rings is 1. The van der Waals surface area contributed by atoms with Crippen LogP contribution in [0.4, 0.5) is 4.39 Å². The molecule has 8 heteroatoms. The van der Waals surface area contributed by atoms with Crippen molar-refractivity contribution in [1.29, 1.82) is 0 Å². The molecule has 0 radical (unpaired) electrons. The van der Waals surface area contributed by atoms with Gasteiger partial charge in [-0.1, -0.05) is 12.1 Å². The fourth-order valence-electron chi connectivity index (χ4n) is 2.73. The molecular weight excluding hydrogens is 345 g/mol. The van der Waals surface area contributed by atoms with E-state index in [1.807, 2.05) is 0 Å². The van der Waals surface area contributed by atoms with Crippen molar-refractivity contribution < 1.29 is 17.6 Å². The fourth-order valence-corrected chi connectivity index (χ4v) is 4.19. The first-order valence-electron chi connectivity index (χ1n) is 7.86. The number of hydrogen-bond acceptors (Lipinski definition) is 4. The van der Waals surface area contributed by atoms with E-state index in [2.05, 4.69) is 4.98 Å². The minimum Gasteiger partial charge on any atom is -0.335 e. The molecule has 6 nitrogen and oxygen atoms in total. The summed E-state index contributed by atoms with van der Waals surface area (Å²) in [7, 11) is -3.77. The Morgan fingerprint density at radius 2 is 1.76 bits per heavy atom. The molecule has 0 bridgehead atoms. The van der Waals surface area contributed by atoms with E-state index in [1.165, 1.54) is 22.5 Å². The highest BCUT2D eigenvalue weighted by atomic mass is 32.2. The molecule has 1 aliphatic heterocycles. The molecule has 1 saturated heterocycles. The van der Waals surface area contributed by atoms with Gasteiger partial charge in [0.05, 0.1) is 4.90 Å². The zero-order chi connectivity index (χ0) is 18.0. The van der Waals surface area contributed by atoms with Crippen LogP contribution < -0.4 is 0 Å². The monoisotopic (exact) mass is 363 g/mol. The number of carbonyl (C=O) groups excluding carboxylic acids is 1. The van der Waals surface area contributed by atoms with Gasteiger partial charge in [0, 0.05) is 31.9 Å². The number of halogens is 1. The highest BCUT2D eigenvalue weighted by molar-refractivity contribution is 7.89. The van der Waals surface area contributed by atoms with Gasteiger partial charge in [-0.3, -0.25) is 4.79 Å². The molecular formula is C17H18FN3O3S. The van der Waals surface area contributed by atoms with Crippen molar-refractivity contribution in [3.63, 3.8) is 0 Å². The first-order chi connectivity index (χ1) is 11.9. The molecule has 0 N–H and O–H groups in total. The summed E-state index contributed by atoms with van der Waals surface area (Å²) in [6, 6.07) is 10.2. The third-order valence-corrected chi connectivity index (χ3v) is 5.96. The predicted octanol–water partition coefficient (Wildman–Crippen LogP) is 1.68. The Hall–Kier alpha value is -2.32. The van der Waals surface area contributed by atoms with Crippen LogP contribution in [-0.4, -0.2) is 54.7 Å². The van der Waals surface area contributed by atoms with Crippen molar-refractivity contribution in [3.05, 3.63) is 59.7 Å². The SMILES string of the molecule is Cc1cccc(C(=O)N2CCN(S(=O)(=O)c3cccc(F)c3)CC2)n1. The van der Waals surface area contributed by atoms with E-state index in [1.54, 1.807) is 30.0 Å². The van der Waals surface area contributed by atoms with Crippen molar-refractivity contribution in [1.82, 2.24) is 14.2 Å². The molecule has 1 aliphatic rings. The Bertz CT molecular complexity index is 894. The third-order valence-electron chi connectivity index (χ3n) is 4.07. The maximum absolute atomic E-state index is 13.3. The average Bonchev–Trinajstić information content (AvgIpc) is 2.61. The Labute approximate surface area is 145 Å². The summed E-state index contributed by atoms with van der Waals surface area (Å²) in [6.07, 6.45) is 0. The van der Waals surface area contributed by atoms with E-state index in [4.69, 9.17) is 0 Å². The second kappa shape index (κ2) is 6.89. The molecule has 25 heavy (non-hydrogen) atoms. The van der Waals surface area contributed by atoms with Crippen LogP contribution in [0.3, 0.4) is 0 Å². The number of nitrogens with zero attached hydrogens (tertiary/aromatic N) is 3. The van der Waals surface area contributed by atoms with E-state index >= 15 is 0 Å². The number of sulfonamides is 1. The largest absolute Gasteiger partial charge is 0.335 e. The van der Waals surface area contributed by atoms with Crippen molar-refractivity contribution in [2.24, 2.45) is 0 Å². The molecule has 0 aliphatic carbocycles. The Kier molecular flexibility index (Phi) is 4.82. The normalized spacial score (nSPS) is 16.0. The van der Waals surface area contributed by atoms with Crippen LogP contribution in [0.25, 0.3) is 0 Å². The molecule has 2 aromatic rings. The van der Waals surface area contributed by atoms with Gasteiger partial charge in [-0.2, -0.15) is 4.31 Å². The quantitative estimate of drug-likeness (QED) is 0.832. The number of aromatic nitrogens is 1. The third kappa shape index (κ3) is 3.69. The van der Waals surface area contributed by atoms with Gasteiger partial charge in [-0.15, -0.1) is 0 Å². The lowest BCUT2D eigenvalue weighted by molar-refractivity contribution is 0.0691. The van der Waals surface area contributed by atoms with Crippen molar-refractivity contribution in [2.75, 3.05) is 26.2 Å². The van der Waals surface area contributed by atoms with Gasteiger partial charge in [-0.05, 0) is 37.3 Å². The lowest BCUT2D eigenvalue weighted by atomic mass is 10.2. The van der Waals surface area contributed by atoms with E-state index in [0.717, 1.165) is 11.8 Å². The van der Waals surface area contributed by atoms with Crippen LogP contribution in [-0.2, 0) is 10.0 Å². The topological polar surface area (TPSA) is 70.6 Å². The van der Waals surface area contributed by atoms with Gasteiger partial charge in [0.15, 0.2) is 0 Å². The van der Waals surface area contributed by atoms with Gasteiger partial charge in [-0.25, -0.2) is 17.8 Å². The van der Waals surface area contributed by atoms with E-state index in [-0.39, 0.29) is 37.0 Å². The molecule has 0 atom stereocenters. The highest BCUT2D eigenvalue weighted by Crippen LogP contribution is 2.19. The van der Waals surface area contributed by atoms with Crippen molar-refractivity contribution >= 4 is 15.9 Å². The Balaban J connectivity index is 1.70. The summed E-state index contributed by atoms with van der Waals surface area (Å²) >= 11 is 0. The van der Waals surface area contributed by atoms with Gasteiger partial charge in [0.1, 0.15) is 11.5 Å². The lowest BCUT2D eigenvalue weighted by Crippen LogP contribution is -2.50. The van der Waals surface area contributed by atoms with Crippen LogP contribution >= 0.6 is 0 Å². The second-order valence-electron chi connectivity index (χ2n) is 5.82. The predicted molar refractivity (Wildman–Crippen MR) is 90.0 cm³/mol. The lowest BCUT2D eigenvalue weighted by Gasteiger charge is -2.33. The number of amides is 1. The van der Waals surface area contributed by atoms with Crippen molar-refractivity contribution in [3.8, 4) is 0 Å². The van der Waals surface area contributed by atoms with E-state index < -0.39 is 15.8 Å². The molecule has 2 heterocycles. The van der Waals surface area contributed by atoms with Gasteiger partial charge in [0.25, 0.3) is 5.91 Å². The first kappa shape index (κ1) is 17.5. The summed E-state index contributed by atoms with van der Waals surface area (Å²) in [4.78, 5) is 18.2. The molecule has 0 spiro atoms. The number of benzene rings is 1. The first-order valence-corrected chi connectivity index (χ1v) is 9.30. The molecule has 1 fully saturated rings. The molecule has 0 saturated carbocycles. The number of hydrogen-bond donors (Lipinski definition) is 0. The van der Waals surface area contributed by atoms with Crippen LogP contribution in [0.15, 0.2) is 47.4 Å². The van der Waals surface area contributed by atoms with Crippen LogP contribution in [0.5, 0.6) is 0 Å². The molecule has 0 unspecified atom stereocenters. The molecule has 1 amide bonds. The van der Waals surface area contributed by atoms with Crippen LogP contribution in [0.2, 0.25) is 0 Å². The highest BCUT2D eigenvalue weighted by Gasteiger charge is 2.30. The smallest absolute Gasteiger partial charge is 0.272 e. The summed E-state index contributed by atoms with van der Waals surface area (Å²) in [6.45, 7) is 2.67. The minimum atomic E-state index is -3.77. The summed E-state index contributed by atoms with van der Waals surface area (Å²) < 4.78 is 39.7. The maximum Gasteiger partial charge on any atom is 0.272 e. The van der Waals surface area contributed by atoms with Gasteiger partial charge in [0.2, 0.25) is 10.0 Å². The fraction of sp³-hybridized carbons (Fsp3) is 0.294. The average molecular weight is 363 g/mol. The molecule has 132 valence electrons. The van der Waals surface area contributed by atoms with Gasteiger partial charge >= 0.3 is 0 Å². The van der Waals surface area contributed by atoms with Crippen LogP contribution in [0, 0.1) is 12.7 Å². The Morgan fingerprint density at radius 3 is 2.40 bits per heavy atom. The minimum absolute atomic E-state index is 0.0763. The Morgan fingerprint density at radius 1 is 1.08 bits per heavy atom. The summed E-state index contributed by atoms with van der Waals surface area (Å²) in [5, 5.41) is 0. The second-order valence-corrected chi connectivity index (χ2v) is 7.76. The van der Waals surface area contributed by atoms with E-state index in [9.17, 15) is 17.6 Å². The number of carbonyl (C=O) groups is 1. The van der Waals surface area contributed by atoms with Crippen LogP contribution in [0.1, 0.15) is 16.2 Å². The van der Waals surface area contributed by atoms with E-state index in [0.29, 0.717) is 5.69 Å². The number of rotatable bonds is 3. The molecule has 3 rings (SSSR count). The number of aryl methyl sites for hydroxylation is 1. The zero-order valence-electron chi connectivity index (χ0n) is 13.7. The van der Waals surface area contributed by atoms with Crippen molar-refractivity contribution in [2.45, 2.75) is 11.8 Å². The number of pyridine rings is 1. The standard InChI is InChI=1S/C17H18FN3O3S/c1-13-4-2-7-16(19-13)17(22)20-8-10-21(11-9-20)25(23,24)15-6-3-5-14(18)12-15/h2-7,12H,8-11H2,1H3. The molecule has 1 aromatic heterocycles. The summed E-state index contributed by atoms with van der Waals surface area (Å²) in [5.74, 6) is -0.813. The summed E-state index contributed by atoms with van der Waals surface area (Å²) in [5.41, 5.74) is 1.10. The maximum atomic E-state index is 13.3. The van der Waals surface area contributed by atoms with Gasteiger partial charge < -0.3 is 4.90 Å². The zero-order valence-corrected chi connectivity index (χ0v) is 14.5.